The molecule has 18 aliphatic rings. The van der Waals surface area contributed by atoms with Gasteiger partial charge in [-0.1, -0.05) is 143 Å². The number of aliphatic hydroxyl groups excluding tert-OH is 2. The number of rotatable bonds is 12. The summed E-state index contributed by atoms with van der Waals surface area (Å²) < 4.78 is 112. The molecule has 0 aromatic carbocycles. The van der Waals surface area contributed by atoms with Crippen LogP contribution in [0.3, 0.4) is 0 Å². The van der Waals surface area contributed by atoms with Crippen molar-refractivity contribution in [1.82, 2.24) is 0 Å². The lowest BCUT2D eigenvalue weighted by Gasteiger charge is -2.56. The third-order valence-corrected chi connectivity index (χ3v) is 47.4. The van der Waals surface area contributed by atoms with E-state index < -0.39 is 67.4 Å². The number of hydrogen-bond acceptors (Lipinski definition) is 21. The summed E-state index contributed by atoms with van der Waals surface area (Å²) in [5.41, 5.74) is 4.44. The van der Waals surface area contributed by atoms with E-state index in [0.29, 0.717) is 101 Å². The van der Waals surface area contributed by atoms with E-state index in [1.807, 2.05) is 6.08 Å². The number of allylic oxidation sites excluding steroid dienone is 1. The maximum Gasteiger partial charge on any atom is 0.193 e. The Bertz CT molecular complexity index is 3770. The Hall–Kier alpha value is -2.36. The van der Waals surface area contributed by atoms with Crippen LogP contribution in [-0.4, -0.2) is 236 Å². The summed E-state index contributed by atoms with van der Waals surface area (Å²) in [6.07, 6.45) is 15.0. The van der Waals surface area contributed by atoms with E-state index in [0.717, 1.165) is 106 Å². The summed E-state index contributed by atoms with van der Waals surface area (Å²) in [6, 6.07) is 0. The Balaban J connectivity index is 0.000000214. The number of ketones is 3. The first-order valence-corrected chi connectivity index (χ1v) is 57.7. The smallest absolute Gasteiger partial charge is 0.193 e. The molecule has 21 nitrogen and oxygen atoms in total. The second-order valence-electron chi connectivity index (χ2n) is 46.2. The average molecular weight is 1790 g/mol. The highest BCUT2D eigenvalue weighted by molar-refractivity contribution is 6.75. The van der Waals surface area contributed by atoms with Crippen molar-refractivity contribution in [3.05, 3.63) is 60.8 Å². The van der Waals surface area contributed by atoms with E-state index in [9.17, 15) is 24.6 Å². The molecule has 0 amide bonds. The van der Waals surface area contributed by atoms with Crippen LogP contribution in [-0.2, 0) is 89.2 Å². The molecule has 15 saturated heterocycles. The molecule has 0 saturated carbocycles. The van der Waals surface area contributed by atoms with Gasteiger partial charge in [0.05, 0.1) is 123 Å². The van der Waals surface area contributed by atoms with E-state index in [4.69, 9.17) is 74.9 Å². The molecule has 0 aromatic heterocycles. The van der Waals surface area contributed by atoms with Gasteiger partial charge in [-0.05, 0) is 221 Å². The summed E-state index contributed by atoms with van der Waals surface area (Å²) in [5.74, 6) is 0.992. The predicted molar refractivity (Wildman–Crippen MR) is 486 cm³/mol. The van der Waals surface area contributed by atoms with Gasteiger partial charge in [0.15, 0.2) is 36.5 Å². The predicted octanol–water partition coefficient (Wildman–Crippen LogP) is 18.5. The van der Waals surface area contributed by atoms with Gasteiger partial charge >= 0.3 is 0 Å². The molecule has 1 spiro atoms. The zero-order chi connectivity index (χ0) is 89.6. The molecule has 18 rings (SSSR count). The maximum absolute atomic E-state index is 14.8. The first kappa shape index (κ1) is 97.7. The molecule has 0 radical (unpaired) electrons. The molecule has 18 aliphatic heterocycles. The van der Waals surface area contributed by atoms with Gasteiger partial charge in [0, 0.05) is 64.2 Å². The molecule has 24 heteroatoms. The average Bonchev–Trinajstić information content (AvgIpc) is 1.54. The standard InChI is InChI=1S/C60H106O10Si3.C40H58O11/c1-22-37(2)31-51-41(6)47-35-43(62)34-46-27-30-49-54(65-46)56(69-72(18,19)59(10,11)12)57(70-73(20,21)60(13,14)15)55(67-49)50(68-71(16,17)58(7,8)9)28-24-42(61)23-25-44-33-39(4)48(63-44)29-26-45-32-38(3)40(5)52(64-45)36-53(47)66-51;1-19-11-25-5-7-29-20(2)12-27(44-29)9-10-40-17-34-36(50-40)37-38(49-34)39(51-40)35-30(48-37)8-6-26(46-35)13-23(42)14-28-22(4)31(15-24(43)18-41)47-33(28)16-32(45-25)21(19)3/h24,28,37-38,41,44-57H,4-5,22-23,25-27,29-36H2,1-3,6-21H3;19,22,24-39,41,43H,2-3,5-18H2,1,4H3/b28-24+;/t37-,38-,41-,44+,45+,46?,47-,48?,49+,50+,51-,52?,53+,54+,55+,56+,57-;19-,22-,24+,25+,26?,27+,28-,29?,30+,31-,32?,33+,34-,35+,36?,37+,38-,39+,40+/m11/s1. The number of carbonyl (C=O) groups excluding carboxylic acids is 3. The monoisotopic (exact) mass is 1790 g/mol. The van der Waals surface area contributed by atoms with Gasteiger partial charge < -0.3 is 85.1 Å². The zero-order valence-electron chi connectivity index (χ0n) is 79.9. The van der Waals surface area contributed by atoms with E-state index in [2.05, 4.69) is 169 Å². The molecular weight excluding hydrogens is 1620 g/mol. The van der Waals surface area contributed by atoms with Gasteiger partial charge in [0.2, 0.25) is 0 Å². The SMILES string of the molecule is C=C1C[C@@H]2CCC(=O)/C=C/[C@H](O[Si](C)(C)C(C)(C)C)[C@@H]3O[C@H]4CCC(CC(=O)C[C@@H]5[C@@H](C)[C@@H](C[C@H](C)CC)O[C@H]5CC5O[C@@H](CCC1O2)C[C@@H](C)C5=C)O[C@@H]4[C@H](O[Si](C)(C)C(C)(C)C)[C@@H]3O[Si](C)(C)C(C)(C)C.C=C1C[C@@H]2CC[C@@]34C[C@H]5O[C@H]6[C@@H](O3)[C@H]3OC(CC[C@@H]3O[C@H]6C5O4)CC(=O)C[C@@H]3[C@@H](C)[C@@H](C[C@H](O)CO)O[C@H]3CC3O[C@@H](CCC1O2)C[C@@H](C)C3=C. The Morgan fingerprint density at radius 1 is 0.460 bits per heavy atom. The number of ether oxygens (including phenoxy) is 13. The minimum atomic E-state index is -2.54. The fourth-order valence-electron chi connectivity index (χ4n) is 22.7. The van der Waals surface area contributed by atoms with Gasteiger partial charge in [0.25, 0.3) is 0 Å². The lowest BCUT2D eigenvalue weighted by molar-refractivity contribution is -0.292. The Labute approximate surface area is 748 Å². The Morgan fingerprint density at radius 3 is 1.41 bits per heavy atom. The van der Waals surface area contributed by atoms with Crippen LogP contribution in [0.25, 0.3) is 0 Å². The maximum atomic E-state index is 14.8. The van der Waals surface area contributed by atoms with Crippen LogP contribution >= 0.6 is 0 Å². The first-order chi connectivity index (χ1) is 58.2. The number of aliphatic hydroxyl groups is 2. The largest absolute Gasteiger partial charge is 0.408 e. The van der Waals surface area contributed by atoms with Crippen molar-refractivity contribution in [2.24, 2.45) is 41.4 Å². The van der Waals surface area contributed by atoms with E-state index in [1.54, 1.807) is 6.08 Å². The van der Waals surface area contributed by atoms with Crippen molar-refractivity contribution in [2.45, 2.75) is 502 Å². The van der Waals surface area contributed by atoms with Crippen LogP contribution in [0, 0.1) is 41.4 Å². The van der Waals surface area contributed by atoms with Crippen molar-refractivity contribution >= 4 is 42.3 Å². The number of fused-ring (bicyclic) bond motifs is 8. The van der Waals surface area contributed by atoms with E-state index in [-0.39, 0.29) is 197 Å². The summed E-state index contributed by atoms with van der Waals surface area (Å²) in [5, 5.41) is 19.6. The van der Waals surface area contributed by atoms with Crippen LogP contribution in [0.5, 0.6) is 0 Å². The Morgan fingerprint density at radius 2 is 0.895 bits per heavy atom. The van der Waals surface area contributed by atoms with Crippen molar-refractivity contribution < 1.29 is 99.5 Å². The molecule has 0 aromatic rings. The van der Waals surface area contributed by atoms with Crippen LogP contribution in [0.1, 0.15) is 271 Å². The van der Waals surface area contributed by atoms with Crippen molar-refractivity contribution in [3.8, 4) is 0 Å². The molecule has 18 heterocycles. The third-order valence-electron chi connectivity index (χ3n) is 34.0. The fourth-order valence-corrected chi connectivity index (χ4v) is 26.6. The van der Waals surface area contributed by atoms with Gasteiger partial charge in [-0.3, -0.25) is 14.4 Å². The summed E-state index contributed by atoms with van der Waals surface area (Å²) in [7, 11) is -7.52. The van der Waals surface area contributed by atoms with Gasteiger partial charge in [-0.15, -0.1) is 0 Å². The van der Waals surface area contributed by atoms with Crippen LogP contribution in [0.15, 0.2) is 60.8 Å². The molecule has 0 aliphatic carbocycles. The lowest BCUT2D eigenvalue weighted by atomic mass is 9.78. The summed E-state index contributed by atoms with van der Waals surface area (Å²) >= 11 is 0. The zero-order valence-corrected chi connectivity index (χ0v) is 82.9. The highest BCUT2D eigenvalue weighted by Crippen LogP contribution is 2.57. The van der Waals surface area contributed by atoms with E-state index in [1.165, 1.54) is 0 Å². The highest BCUT2D eigenvalue weighted by atomic mass is 28.4. The topological polar surface area (TPSA) is 239 Å². The summed E-state index contributed by atoms with van der Waals surface area (Å²) in [4.78, 5) is 42.9. The highest BCUT2D eigenvalue weighted by Gasteiger charge is 2.69. The second kappa shape index (κ2) is 38.9. The molecular formula is C100H164O21Si3. The number of carbonyl (C=O) groups is 3. The number of Topliss-reactive ketones (excluding diaryl/α,β-unsaturated/α-hetero) is 2. The molecule has 702 valence electrons. The Kier molecular flexibility index (Phi) is 30.7. The second-order valence-corrected chi connectivity index (χ2v) is 60.4. The molecule has 7 unspecified atom stereocenters. The van der Waals surface area contributed by atoms with Gasteiger partial charge in [0.1, 0.15) is 66.5 Å². The summed E-state index contributed by atoms with van der Waals surface area (Å²) in [6.45, 7) is 65.3. The first-order valence-electron chi connectivity index (χ1n) is 49.0. The van der Waals surface area contributed by atoms with Gasteiger partial charge in [-0.25, -0.2) is 0 Å². The van der Waals surface area contributed by atoms with Crippen molar-refractivity contribution in [1.29, 1.82) is 0 Å². The number of hydrogen-bond donors (Lipinski definition) is 2. The van der Waals surface area contributed by atoms with Crippen molar-refractivity contribution in [3.63, 3.8) is 0 Å². The van der Waals surface area contributed by atoms with Crippen LogP contribution < -0.4 is 0 Å². The molecule has 2 N–H and O–H groups in total. The van der Waals surface area contributed by atoms with Crippen LogP contribution in [0.4, 0.5) is 0 Å². The molecule has 20 bridgehead atoms. The minimum absolute atomic E-state index is 0.00894. The third kappa shape index (κ3) is 21.7. The quantitative estimate of drug-likeness (QED) is 0.136. The fraction of sp³-hybridized carbons (Fsp3) is 0.870. The molecule has 15 fully saturated rings. The lowest BCUT2D eigenvalue weighted by Crippen LogP contribution is -2.69. The molecule has 36 atom stereocenters. The van der Waals surface area contributed by atoms with E-state index >= 15 is 0 Å². The van der Waals surface area contributed by atoms with Gasteiger partial charge in [-0.2, -0.15) is 0 Å². The molecule has 124 heavy (non-hydrogen) atoms. The van der Waals surface area contributed by atoms with Crippen LogP contribution in [0.2, 0.25) is 54.4 Å². The normalized spacial score (nSPS) is 44.3. The van der Waals surface area contributed by atoms with Crippen molar-refractivity contribution in [2.75, 3.05) is 6.61 Å². The minimum Gasteiger partial charge on any atom is -0.408 e.